The molecule has 0 atom stereocenters. The van der Waals surface area contributed by atoms with Gasteiger partial charge in [-0.15, -0.1) is 0 Å². The monoisotopic (exact) mass is 191 g/mol. The Morgan fingerprint density at radius 1 is 1.43 bits per heavy atom. The van der Waals surface area contributed by atoms with Gasteiger partial charge in [0.15, 0.2) is 0 Å². The van der Waals surface area contributed by atoms with E-state index in [2.05, 4.69) is 19.9 Å². The third-order valence-electron chi connectivity index (χ3n) is 2.44. The van der Waals surface area contributed by atoms with Gasteiger partial charge < -0.3 is 5.73 Å². The van der Waals surface area contributed by atoms with Gasteiger partial charge in [0.25, 0.3) is 0 Å². The van der Waals surface area contributed by atoms with E-state index in [0.717, 1.165) is 12.0 Å². The Morgan fingerprint density at radius 2 is 2.07 bits per heavy atom. The first kappa shape index (κ1) is 10.8. The number of hydrogen-bond acceptors (Lipinski definition) is 1. The highest BCUT2D eigenvalue weighted by molar-refractivity contribution is 5.94. The van der Waals surface area contributed by atoms with E-state index in [1.807, 2.05) is 19.1 Å². The van der Waals surface area contributed by atoms with Crippen molar-refractivity contribution in [3.05, 3.63) is 34.9 Å². The first-order valence-electron chi connectivity index (χ1n) is 4.98. The highest BCUT2D eigenvalue weighted by Gasteiger charge is 2.08. The SMILES string of the molecule is CCc1cc(C(C)C)ccc1C(N)=O. The lowest BCUT2D eigenvalue weighted by Crippen LogP contribution is -2.13. The molecule has 0 bridgehead atoms. The smallest absolute Gasteiger partial charge is 0.248 e. The molecule has 0 aliphatic heterocycles. The molecule has 2 N–H and O–H groups in total. The molecule has 0 aromatic heterocycles. The van der Waals surface area contributed by atoms with Crippen LogP contribution in [0.2, 0.25) is 0 Å². The Labute approximate surface area is 85.1 Å². The molecule has 0 spiro atoms. The van der Waals surface area contributed by atoms with Crippen LogP contribution in [0.4, 0.5) is 0 Å². The van der Waals surface area contributed by atoms with E-state index < -0.39 is 0 Å². The van der Waals surface area contributed by atoms with Gasteiger partial charge >= 0.3 is 0 Å². The number of nitrogens with two attached hydrogens (primary N) is 1. The predicted molar refractivity (Wildman–Crippen MR) is 58.4 cm³/mol. The maximum absolute atomic E-state index is 11.1. The Balaban J connectivity index is 3.18. The minimum absolute atomic E-state index is 0.336. The maximum atomic E-state index is 11.1. The highest BCUT2D eigenvalue weighted by atomic mass is 16.1. The average Bonchev–Trinajstić information content (AvgIpc) is 2.16. The fourth-order valence-electron chi connectivity index (χ4n) is 1.51. The van der Waals surface area contributed by atoms with Crippen LogP contribution in [0.25, 0.3) is 0 Å². The van der Waals surface area contributed by atoms with Gasteiger partial charge in [-0.2, -0.15) is 0 Å². The molecule has 0 aliphatic carbocycles. The summed E-state index contributed by atoms with van der Waals surface area (Å²) in [7, 11) is 0. The van der Waals surface area contributed by atoms with Crippen LogP contribution in [0.5, 0.6) is 0 Å². The largest absolute Gasteiger partial charge is 0.366 e. The van der Waals surface area contributed by atoms with Crippen LogP contribution >= 0.6 is 0 Å². The van der Waals surface area contributed by atoms with Gasteiger partial charge in [0.05, 0.1) is 0 Å². The van der Waals surface area contributed by atoms with Gasteiger partial charge in [0.2, 0.25) is 5.91 Å². The second kappa shape index (κ2) is 4.27. The molecule has 0 saturated carbocycles. The van der Waals surface area contributed by atoms with Crippen molar-refractivity contribution in [2.24, 2.45) is 5.73 Å². The average molecular weight is 191 g/mol. The normalized spacial score (nSPS) is 10.6. The van der Waals surface area contributed by atoms with E-state index in [0.29, 0.717) is 11.5 Å². The van der Waals surface area contributed by atoms with Gasteiger partial charge in [0.1, 0.15) is 0 Å². The van der Waals surface area contributed by atoms with Crippen molar-refractivity contribution < 1.29 is 4.79 Å². The molecular weight excluding hydrogens is 174 g/mol. The molecule has 1 aromatic carbocycles. The summed E-state index contributed by atoms with van der Waals surface area (Å²) in [6, 6.07) is 5.88. The molecule has 0 unspecified atom stereocenters. The maximum Gasteiger partial charge on any atom is 0.248 e. The zero-order chi connectivity index (χ0) is 10.7. The zero-order valence-electron chi connectivity index (χ0n) is 9.00. The Bertz CT molecular complexity index is 342. The third kappa shape index (κ3) is 2.13. The molecular formula is C12H17NO. The van der Waals surface area contributed by atoms with E-state index in [4.69, 9.17) is 5.73 Å². The summed E-state index contributed by atoms with van der Waals surface area (Å²) in [4.78, 5) is 11.1. The number of carbonyl (C=O) groups excluding carboxylic acids is 1. The topological polar surface area (TPSA) is 43.1 Å². The fourth-order valence-corrected chi connectivity index (χ4v) is 1.51. The number of amides is 1. The molecule has 0 aliphatic rings. The van der Waals surface area contributed by atoms with Crippen LogP contribution in [0, 0.1) is 0 Å². The van der Waals surface area contributed by atoms with Crippen LogP contribution in [0.1, 0.15) is 48.2 Å². The minimum Gasteiger partial charge on any atom is -0.366 e. The van der Waals surface area contributed by atoms with E-state index in [1.165, 1.54) is 5.56 Å². The van der Waals surface area contributed by atoms with Crippen LogP contribution in [0.15, 0.2) is 18.2 Å². The Kier molecular flexibility index (Phi) is 3.28. The number of hydrogen-bond donors (Lipinski definition) is 1. The number of rotatable bonds is 3. The quantitative estimate of drug-likeness (QED) is 0.783. The molecule has 0 saturated heterocycles. The molecule has 2 nitrogen and oxygen atoms in total. The lowest BCUT2D eigenvalue weighted by atomic mass is 9.96. The third-order valence-corrected chi connectivity index (χ3v) is 2.44. The molecule has 1 rings (SSSR count). The Hall–Kier alpha value is -1.31. The fraction of sp³-hybridized carbons (Fsp3) is 0.417. The van der Waals surface area contributed by atoms with Crippen LogP contribution in [-0.4, -0.2) is 5.91 Å². The van der Waals surface area contributed by atoms with Crippen molar-refractivity contribution in [3.63, 3.8) is 0 Å². The van der Waals surface area contributed by atoms with E-state index in [9.17, 15) is 4.79 Å². The number of aryl methyl sites for hydroxylation is 1. The first-order chi connectivity index (χ1) is 6.56. The summed E-state index contributed by atoms with van der Waals surface area (Å²) in [6.45, 7) is 6.31. The minimum atomic E-state index is -0.336. The molecule has 0 radical (unpaired) electrons. The van der Waals surface area contributed by atoms with Gasteiger partial charge in [-0.3, -0.25) is 4.79 Å². The van der Waals surface area contributed by atoms with Crippen molar-refractivity contribution in [2.45, 2.75) is 33.1 Å². The molecule has 1 amide bonds. The Morgan fingerprint density at radius 3 is 2.50 bits per heavy atom. The second-order valence-electron chi connectivity index (χ2n) is 3.79. The summed E-state index contributed by atoms with van der Waals surface area (Å²) in [6.07, 6.45) is 0.846. The van der Waals surface area contributed by atoms with Crippen LogP contribution < -0.4 is 5.73 Å². The van der Waals surface area contributed by atoms with Gasteiger partial charge in [-0.1, -0.05) is 32.9 Å². The summed E-state index contributed by atoms with van der Waals surface area (Å²) in [5.41, 5.74) is 8.23. The van der Waals surface area contributed by atoms with E-state index in [-0.39, 0.29) is 5.91 Å². The summed E-state index contributed by atoms with van der Waals surface area (Å²) in [5, 5.41) is 0. The summed E-state index contributed by atoms with van der Waals surface area (Å²) >= 11 is 0. The van der Waals surface area contributed by atoms with Crippen molar-refractivity contribution >= 4 is 5.91 Å². The van der Waals surface area contributed by atoms with Crippen molar-refractivity contribution in [2.75, 3.05) is 0 Å². The lowest BCUT2D eigenvalue weighted by Gasteiger charge is -2.10. The van der Waals surface area contributed by atoms with Crippen molar-refractivity contribution in [1.82, 2.24) is 0 Å². The summed E-state index contributed by atoms with van der Waals surface area (Å²) < 4.78 is 0. The van der Waals surface area contributed by atoms with Gasteiger partial charge in [-0.25, -0.2) is 0 Å². The second-order valence-corrected chi connectivity index (χ2v) is 3.79. The summed E-state index contributed by atoms with van der Waals surface area (Å²) in [5.74, 6) is 0.152. The molecule has 1 aromatic rings. The van der Waals surface area contributed by atoms with E-state index >= 15 is 0 Å². The number of benzene rings is 1. The lowest BCUT2D eigenvalue weighted by molar-refractivity contribution is 0.0999. The van der Waals surface area contributed by atoms with Crippen LogP contribution in [-0.2, 0) is 6.42 Å². The molecule has 0 fully saturated rings. The van der Waals surface area contributed by atoms with Crippen LogP contribution in [0.3, 0.4) is 0 Å². The number of carbonyl (C=O) groups is 1. The highest BCUT2D eigenvalue weighted by Crippen LogP contribution is 2.19. The standard InChI is InChI=1S/C12H17NO/c1-4-9-7-10(8(2)3)5-6-11(9)12(13)14/h5-8H,4H2,1-3H3,(H2,13,14). The number of primary amides is 1. The predicted octanol–water partition coefficient (Wildman–Crippen LogP) is 2.47. The molecule has 14 heavy (non-hydrogen) atoms. The molecule has 76 valence electrons. The zero-order valence-corrected chi connectivity index (χ0v) is 9.00. The van der Waals surface area contributed by atoms with E-state index in [1.54, 1.807) is 0 Å². The van der Waals surface area contributed by atoms with Gasteiger partial charge in [0, 0.05) is 5.56 Å². The van der Waals surface area contributed by atoms with Crippen molar-refractivity contribution in [1.29, 1.82) is 0 Å². The van der Waals surface area contributed by atoms with Crippen molar-refractivity contribution in [3.8, 4) is 0 Å². The first-order valence-corrected chi connectivity index (χ1v) is 4.98. The molecule has 0 heterocycles. The molecule has 2 heteroatoms. The van der Waals surface area contributed by atoms with Gasteiger partial charge in [-0.05, 0) is 29.5 Å².